The van der Waals surface area contributed by atoms with Crippen LogP contribution >= 0.6 is 27.5 Å². The van der Waals surface area contributed by atoms with Gasteiger partial charge in [0.2, 0.25) is 0 Å². The summed E-state index contributed by atoms with van der Waals surface area (Å²) >= 11 is 9.31. The lowest BCUT2D eigenvalue weighted by molar-refractivity contribution is 0.0951. The highest BCUT2D eigenvalue weighted by Gasteiger charge is 2.12. The molecule has 20 heavy (non-hydrogen) atoms. The van der Waals surface area contributed by atoms with Crippen LogP contribution < -0.4 is 11.1 Å². The van der Waals surface area contributed by atoms with E-state index in [-0.39, 0.29) is 18.2 Å². The zero-order valence-electron chi connectivity index (χ0n) is 10.4. The van der Waals surface area contributed by atoms with E-state index in [0.29, 0.717) is 26.3 Å². The number of hydrogen-bond donors (Lipinski definition) is 3. The van der Waals surface area contributed by atoms with Crippen LogP contribution in [0.2, 0.25) is 5.02 Å². The van der Waals surface area contributed by atoms with E-state index in [1.165, 1.54) is 6.07 Å². The molecule has 0 aliphatic carbocycles. The predicted octanol–water partition coefficient (Wildman–Crippen LogP) is 3.32. The van der Waals surface area contributed by atoms with Gasteiger partial charge in [-0.1, -0.05) is 17.7 Å². The van der Waals surface area contributed by atoms with E-state index in [2.05, 4.69) is 21.2 Å². The first kappa shape index (κ1) is 14.7. The maximum atomic E-state index is 12.1. The van der Waals surface area contributed by atoms with Crippen molar-refractivity contribution in [2.24, 2.45) is 0 Å². The molecular formula is C14H12BrClN2O2. The number of amides is 1. The van der Waals surface area contributed by atoms with Crippen LogP contribution in [0.4, 0.5) is 5.69 Å². The lowest BCUT2D eigenvalue weighted by Gasteiger charge is -2.09. The van der Waals surface area contributed by atoms with Crippen molar-refractivity contribution >= 4 is 39.1 Å². The molecule has 0 heterocycles. The molecule has 0 saturated heterocycles. The first-order valence-corrected chi connectivity index (χ1v) is 6.95. The Kier molecular flexibility index (Phi) is 4.52. The highest BCUT2D eigenvalue weighted by molar-refractivity contribution is 9.10. The molecule has 0 aromatic heterocycles. The number of nitrogens with two attached hydrogens (primary N) is 1. The number of nitrogen functional groups attached to an aromatic ring is 1. The SMILES string of the molecule is Nc1ccc(O)c(CNC(=O)c2cccc(Br)c2Cl)c1. The fourth-order valence-corrected chi connectivity index (χ4v) is 2.27. The molecule has 2 aromatic carbocycles. The summed E-state index contributed by atoms with van der Waals surface area (Å²) in [4.78, 5) is 12.1. The van der Waals surface area contributed by atoms with Gasteiger partial charge in [0.15, 0.2) is 0 Å². The monoisotopic (exact) mass is 354 g/mol. The minimum atomic E-state index is -0.321. The Balaban J connectivity index is 2.13. The minimum Gasteiger partial charge on any atom is -0.508 e. The average Bonchev–Trinajstić information content (AvgIpc) is 2.42. The average molecular weight is 356 g/mol. The Morgan fingerprint density at radius 2 is 2.10 bits per heavy atom. The van der Waals surface area contributed by atoms with Gasteiger partial charge in [0, 0.05) is 22.3 Å². The van der Waals surface area contributed by atoms with Gasteiger partial charge >= 0.3 is 0 Å². The number of phenols is 1. The fraction of sp³-hybridized carbons (Fsp3) is 0.0714. The number of rotatable bonds is 3. The third-order valence-electron chi connectivity index (χ3n) is 2.74. The van der Waals surface area contributed by atoms with Gasteiger partial charge in [0.1, 0.15) is 5.75 Å². The second kappa shape index (κ2) is 6.15. The van der Waals surface area contributed by atoms with E-state index in [9.17, 15) is 9.90 Å². The summed E-state index contributed by atoms with van der Waals surface area (Å²) in [6.07, 6.45) is 0. The number of carbonyl (C=O) groups is 1. The Bertz CT molecular complexity index is 662. The molecule has 6 heteroatoms. The number of phenolic OH excluding ortho intramolecular Hbond substituents is 1. The van der Waals surface area contributed by atoms with Crippen LogP contribution in [0.5, 0.6) is 5.75 Å². The maximum Gasteiger partial charge on any atom is 0.253 e. The van der Waals surface area contributed by atoms with Crippen LogP contribution in [0.25, 0.3) is 0 Å². The van der Waals surface area contributed by atoms with Gasteiger partial charge in [-0.15, -0.1) is 0 Å². The third-order valence-corrected chi connectivity index (χ3v) is 4.04. The molecule has 0 fully saturated rings. The molecule has 0 aliphatic rings. The van der Waals surface area contributed by atoms with Crippen molar-refractivity contribution in [3.05, 3.63) is 57.0 Å². The number of aromatic hydroxyl groups is 1. The predicted molar refractivity (Wildman–Crippen MR) is 82.8 cm³/mol. The minimum absolute atomic E-state index is 0.0832. The van der Waals surface area contributed by atoms with Crippen LogP contribution in [0.3, 0.4) is 0 Å². The van der Waals surface area contributed by atoms with Gasteiger partial charge in [0.25, 0.3) is 5.91 Å². The summed E-state index contributed by atoms with van der Waals surface area (Å²) < 4.78 is 0.651. The smallest absolute Gasteiger partial charge is 0.253 e. The molecule has 0 aliphatic heterocycles. The molecule has 0 spiro atoms. The van der Waals surface area contributed by atoms with Crippen LogP contribution in [0.15, 0.2) is 40.9 Å². The molecule has 2 aromatic rings. The number of benzene rings is 2. The summed E-state index contributed by atoms with van der Waals surface area (Å²) in [6, 6.07) is 9.79. The summed E-state index contributed by atoms with van der Waals surface area (Å²) in [5, 5.41) is 12.7. The van der Waals surface area contributed by atoms with E-state index in [1.807, 2.05) is 0 Å². The van der Waals surface area contributed by atoms with Gasteiger partial charge in [-0.2, -0.15) is 0 Å². The summed E-state index contributed by atoms with van der Waals surface area (Å²) in [7, 11) is 0. The molecule has 0 radical (unpaired) electrons. The van der Waals surface area contributed by atoms with Crippen molar-refractivity contribution in [1.29, 1.82) is 0 Å². The van der Waals surface area contributed by atoms with Crippen molar-refractivity contribution < 1.29 is 9.90 Å². The number of halogens is 2. The van der Waals surface area contributed by atoms with Crippen molar-refractivity contribution in [2.45, 2.75) is 6.54 Å². The van der Waals surface area contributed by atoms with Gasteiger partial charge in [-0.3, -0.25) is 4.79 Å². The summed E-state index contributed by atoms with van der Waals surface area (Å²) in [5.74, 6) is -0.238. The van der Waals surface area contributed by atoms with Crippen LogP contribution in [-0.2, 0) is 6.54 Å². The Labute approximate surface area is 129 Å². The van der Waals surface area contributed by atoms with E-state index in [1.54, 1.807) is 30.3 Å². The normalized spacial score (nSPS) is 10.3. The second-order valence-electron chi connectivity index (χ2n) is 4.17. The molecule has 1 amide bonds. The zero-order valence-corrected chi connectivity index (χ0v) is 12.7. The highest BCUT2D eigenvalue weighted by Crippen LogP contribution is 2.26. The Morgan fingerprint density at radius 1 is 1.35 bits per heavy atom. The van der Waals surface area contributed by atoms with Gasteiger partial charge in [-0.05, 0) is 46.3 Å². The van der Waals surface area contributed by atoms with E-state index < -0.39 is 0 Å². The number of nitrogens with one attached hydrogen (secondary N) is 1. The van der Waals surface area contributed by atoms with Gasteiger partial charge < -0.3 is 16.2 Å². The summed E-state index contributed by atoms with van der Waals surface area (Å²) in [6.45, 7) is 0.165. The Hall–Kier alpha value is -1.72. The fourth-order valence-electron chi connectivity index (χ4n) is 1.70. The first-order chi connectivity index (χ1) is 9.49. The number of anilines is 1. The van der Waals surface area contributed by atoms with E-state index >= 15 is 0 Å². The van der Waals surface area contributed by atoms with E-state index in [4.69, 9.17) is 17.3 Å². The van der Waals surface area contributed by atoms with Crippen LogP contribution in [-0.4, -0.2) is 11.0 Å². The zero-order chi connectivity index (χ0) is 14.7. The molecule has 0 saturated carbocycles. The lowest BCUT2D eigenvalue weighted by Crippen LogP contribution is -2.23. The molecule has 2 rings (SSSR count). The quantitative estimate of drug-likeness (QED) is 0.584. The lowest BCUT2D eigenvalue weighted by atomic mass is 10.1. The molecule has 4 nitrogen and oxygen atoms in total. The topological polar surface area (TPSA) is 75.3 Å². The van der Waals surface area contributed by atoms with Gasteiger partial charge in [0.05, 0.1) is 10.6 Å². The molecular weight excluding hydrogens is 344 g/mol. The highest BCUT2D eigenvalue weighted by atomic mass is 79.9. The van der Waals surface area contributed by atoms with Crippen molar-refractivity contribution in [3.63, 3.8) is 0 Å². The molecule has 4 N–H and O–H groups in total. The molecule has 104 valence electrons. The van der Waals surface area contributed by atoms with E-state index in [0.717, 1.165) is 0 Å². The number of carbonyl (C=O) groups excluding carboxylic acids is 1. The standard InChI is InChI=1S/C14H12BrClN2O2/c15-11-3-1-2-10(13(11)16)14(20)18-7-8-6-9(17)4-5-12(8)19/h1-6,19H,7,17H2,(H,18,20). The summed E-state index contributed by atoms with van der Waals surface area (Å²) in [5.41, 5.74) is 7.07. The molecule has 0 bridgehead atoms. The largest absolute Gasteiger partial charge is 0.508 e. The second-order valence-corrected chi connectivity index (χ2v) is 5.40. The van der Waals surface area contributed by atoms with Crippen molar-refractivity contribution in [1.82, 2.24) is 5.32 Å². The van der Waals surface area contributed by atoms with Crippen molar-refractivity contribution in [2.75, 3.05) is 5.73 Å². The van der Waals surface area contributed by atoms with Crippen LogP contribution in [0.1, 0.15) is 15.9 Å². The Morgan fingerprint density at radius 3 is 2.85 bits per heavy atom. The number of hydrogen-bond acceptors (Lipinski definition) is 3. The molecule has 0 atom stereocenters. The first-order valence-electron chi connectivity index (χ1n) is 5.78. The molecule has 0 unspecified atom stereocenters. The third kappa shape index (κ3) is 3.23. The van der Waals surface area contributed by atoms with Crippen molar-refractivity contribution in [3.8, 4) is 5.75 Å². The maximum absolute atomic E-state index is 12.1. The van der Waals surface area contributed by atoms with Crippen LogP contribution in [0, 0.1) is 0 Å². The van der Waals surface area contributed by atoms with Gasteiger partial charge in [-0.25, -0.2) is 0 Å².